The smallest absolute Gasteiger partial charge is 0.405 e. The average molecular weight is 273 g/mol. The summed E-state index contributed by atoms with van der Waals surface area (Å²) in [5, 5.41) is 12.1. The highest BCUT2D eigenvalue weighted by atomic mass is 16.5. The van der Waals surface area contributed by atoms with Gasteiger partial charge in [-0.25, -0.2) is 4.79 Å². The molecule has 2 unspecified atom stereocenters. The Morgan fingerprint density at radius 1 is 1.45 bits per heavy atom. The number of allylic oxidation sites excluding steroid dienone is 1. The Morgan fingerprint density at radius 3 is 3.05 bits per heavy atom. The fraction of sp³-hybridized carbons (Fsp3) is 0.438. The Kier molecular flexibility index (Phi) is 3.16. The molecule has 0 aromatic heterocycles. The molecule has 1 amide bonds. The van der Waals surface area contributed by atoms with Gasteiger partial charge in [-0.3, -0.25) is 0 Å². The number of aryl methyl sites for hydroxylation is 1. The molecule has 0 heterocycles. The fourth-order valence-corrected chi connectivity index (χ4v) is 3.65. The first kappa shape index (κ1) is 13.0. The molecular weight excluding hydrogens is 254 g/mol. The molecular formula is C16H19NO3. The van der Waals surface area contributed by atoms with Gasteiger partial charge in [0, 0.05) is 0 Å². The van der Waals surface area contributed by atoms with Crippen LogP contribution in [0.4, 0.5) is 4.79 Å². The van der Waals surface area contributed by atoms with Crippen molar-refractivity contribution in [2.45, 2.75) is 31.2 Å². The van der Waals surface area contributed by atoms with E-state index in [-0.39, 0.29) is 0 Å². The largest absolute Gasteiger partial charge is 0.497 e. The van der Waals surface area contributed by atoms with Crippen molar-refractivity contribution in [3.05, 3.63) is 41.5 Å². The van der Waals surface area contributed by atoms with E-state index in [0.717, 1.165) is 30.6 Å². The predicted molar refractivity (Wildman–Crippen MR) is 76.0 cm³/mol. The van der Waals surface area contributed by atoms with E-state index in [2.05, 4.69) is 23.5 Å². The van der Waals surface area contributed by atoms with Crippen LogP contribution < -0.4 is 10.1 Å². The zero-order valence-corrected chi connectivity index (χ0v) is 11.6. The molecule has 3 rings (SSSR count). The zero-order valence-electron chi connectivity index (χ0n) is 11.6. The van der Waals surface area contributed by atoms with E-state index in [1.54, 1.807) is 7.11 Å². The second-order valence-corrected chi connectivity index (χ2v) is 5.57. The molecule has 0 fully saturated rings. The minimum atomic E-state index is -0.957. The molecule has 2 N–H and O–H groups in total. The molecule has 0 saturated heterocycles. The normalized spacial score (nSPS) is 27.4. The van der Waals surface area contributed by atoms with Crippen molar-refractivity contribution in [3.8, 4) is 5.75 Å². The van der Waals surface area contributed by atoms with Gasteiger partial charge in [-0.05, 0) is 54.9 Å². The van der Waals surface area contributed by atoms with Crippen LogP contribution in [0.1, 0.15) is 30.4 Å². The summed E-state index contributed by atoms with van der Waals surface area (Å²) in [6, 6.07) is 6.01. The highest BCUT2D eigenvalue weighted by Crippen LogP contribution is 2.47. The third kappa shape index (κ3) is 1.96. The Bertz CT molecular complexity index is 567. The maximum Gasteiger partial charge on any atom is 0.405 e. The van der Waals surface area contributed by atoms with Crippen molar-refractivity contribution in [1.82, 2.24) is 5.32 Å². The van der Waals surface area contributed by atoms with Gasteiger partial charge in [0.05, 0.1) is 12.6 Å². The number of ether oxygens (including phenoxy) is 1. The maximum absolute atomic E-state index is 11.3. The summed E-state index contributed by atoms with van der Waals surface area (Å²) in [6.07, 6.45) is 6.95. The standard InChI is InChI=1S/C16H19NO3/c1-20-13-8-6-11-5-7-12-4-2-3-9-16(12,14(11)10-13)17-15(18)19/h2-3,6,8,10,12,17H,4-5,7,9H2,1H3,(H,18,19). The van der Waals surface area contributed by atoms with Crippen LogP contribution in [-0.4, -0.2) is 18.3 Å². The van der Waals surface area contributed by atoms with Crippen LogP contribution in [0.2, 0.25) is 0 Å². The van der Waals surface area contributed by atoms with Crippen LogP contribution in [0.25, 0.3) is 0 Å². The third-order valence-electron chi connectivity index (χ3n) is 4.61. The molecule has 1 aromatic rings. The average Bonchev–Trinajstić information content (AvgIpc) is 2.46. The molecule has 2 aliphatic rings. The number of carbonyl (C=O) groups is 1. The van der Waals surface area contributed by atoms with E-state index >= 15 is 0 Å². The number of hydrogen-bond donors (Lipinski definition) is 2. The van der Waals surface area contributed by atoms with Crippen LogP contribution in [0.15, 0.2) is 30.4 Å². The molecule has 20 heavy (non-hydrogen) atoms. The molecule has 106 valence electrons. The van der Waals surface area contributed by atoms with Gasteiger partial charge in [0.1, 0.15) is 5.75 Å². The molecule has 0 bridgehead atoms. The van der Waals surface area contributed by atoms with E-state index in [1.165, 1.54) is 5.56 Å². The molecule has 2 atom stereocenters. The van der Waals surface area contributed by atoms with Crippen LogP contribution in [0.5, 0.6) is 5.75 Å². The highest BCUT2D eigenvalue weighted by molar-refractivity contribution is 5.67. The Morgan fingerprint density at radius 2 is 2.30 bits per heavy atom. The quantitative estimate of drug-likeness (QED) is 0.814. The van der Waals surface area contributed by atoms with Crippen molar-refractivity contribution in [3.63, 3.8) is 0 Å². The van der Waals surface area contributed by atoms with E-state index in [4.69, 9.17) is 4.74 Å². The minimum Gasteiger partial charge on any atom is -0.497 e. The summed E-state index contributed by atoms with van der Waals surface area (Å²) in [5.41, 5.74) is 1.81. The molecule has 1 aromatic carbocycles. The van der Waals surface area contributed by atoms with Crippen molar-refractivity contribution in [2.24, 2.45) is 5.92 Å². The number of amides is 1. The zero-order chi connectivity index (χ0) is 14.2. The first-order chi connectivity index (χ1) is 9.65. The first-order valence-electron chi connectivity index (χ1n) is 6.99. The lowest BCUT2D eigenvalue weighted by Crippen LogP contribution is -2.53. The fourth-order valence-electron chi connectivity index (χ4n) is 3.65. The second kappa shape index (κ2) is 4.85. The van der Waals surface area contributed by atoms with E-state index in [1.807, 2.05) is 12.1 Å². The van der Waals surface area contributed by atoms with E-state index in [9.17, 15) is 9.90 Å². The van der Waals surface area contributed by atoms with Gasteiger partial charge in [-0.2, -0.15) is 0 Å². The Balaban J connectivity index is 2.14. The molecule has 4 heteroatoms. The Hall–Kier alpha value is -1.97. The molecule has 0 spiro atoms. The number of benzene rings is 1. The molecule has 0 saturated carbocycles. The number of rotatable bonds is 2. The Labute approximate surface area is 118 Å². The van der Waals surface area contributed by atoms with E-state index in [0.29, 0.717) is 12.3 Å². The lowest BCUT2D eigenvalue weighted by molar-refractivity contribution is 0.140. The van der Waals surface area contributed by atoms with Gasteiger partial charge < -0.3 is 15.2 Å². The number of methoxy groups -OCH3 is 1. The van der Waals surface area contributed by atoms with Gasteiger partial charge in [-0.15, -0.1) is 0 Å². The summed E-state index contributed by atoms with van der Waals surface area (Å²) in [5.74, 6) is 1.11. The molecule has 2 aliphatic carbocycles. The second-order valence-electron chi connectivity index (χ2n) is 5.57. The summed E-state index contributed by atoms with van der Waals surface area (Å²) in [6.45, 7) is 0. The topological polar surface area (TPSA) is 58.6 Å². The summed E-state index contributed by atoms with van der Waals surface area (Å²) < 4.78 is 5.32. The maximum atomic E-state index is 11.3. The summed E-state index contributed by atoms with van der Waals surface area (Å²) >= 11 is 0. The van der Waals surface area contributed by atoms with Gasteiger partial charge in [0.15, 0.2) is 0 Å². The van der Waals surface area contributed by atoms with Crippen LogP contribution >= 0.6 is 0 Å². The number of carboxylic acid groups (broad SMARTS) is 1. The highest BCUT2D eigenvalue weighted by Gasteiger charge is 2.45. The molecule has 4 nitrogen and oxygen atoms in total. The minimum absolute atomic E-state index is 0.322. The lowest BCUT2D eigenvalue weighted by atomic mass is 9.64. The lowest BCUT2D eigenvalue weighted by Gasteiger charge is -2.46. The number of nitrogens with one attached hydrogen (secondary N) is 1. The third-order valence-corrected chi connectivity index (χ3v) is 4.61. The monoisotopic (exact) mass is 273 g/mol. The SMILES string of the molecule is COc1ccc2c(c1)C1(NC(=O)O)CC=CCC1CC2. The van der Waals surface area contributed by atoms with Crippen LogP contribution in [-0.2, 0) is 12.0 Å². The first-order valence-corrected chi connectivity index (χ1v) is 6.99. The summed E-state index contributed by atoms with van der Waals surface area (Å²) in [4.78, 5) is 11.3. The number of hydrogen-bond acceptors (Lipinski definition) is 2. The van der Waals surface area contributed by atoms with Crippen LogP contribution in [0, 0.1) is 5.92 Å². The van der Waals surface area contributed by atoms with Gasteiger partial charge >= 0.3 is 6.09 Å². The van der Waals surface area contributed by atoms with Gasteiger partial charge in [0.2, 0.25) is 0 Å². The van der Waals surface area contributed by atoms with E-state index < -0.39 is 11.6 Å². The van der Waals surface area contributed by atoms with Crippen molar-refractivity contribution in [1.29, 1.82) is 0 Å². The molecule has 0 aliphatic heterocycles. The number of fused-ring (bicyclic) bond motifs is 3. The van der Waals surface area contributed by atoms with Crippen molar-refractivity contribution in [2.75, 3.05) is 7.11 Å². The predicted octanol–water partition coefficient (Wildman–Crippen LogP) is 3.07. The van der Waals surface area contributed by atoms with Gasteiger partial charge in [0.25, 0.3) is 0 Å². The summed E-state index contributed by atoms with van der Waals surface area (Å²) in [7, 11) is 1.64. The van der Waals surface area contributed by atoms with Crippen molar-refractivity contribution >= 4 is 6.09 Å². The molecule has 0 radical (unpaired) electrons. The van der Waals surface area contributed by atoms with Crippen LogP contribution in [0.3, 0.4) is 0 Å². The van der Waals surface area contributed by atoms with Gasteiger partial charge in [-0.1, -0.05) is 18.2 Å². The van der Waals surface area contributed by atoms with Crippen molar-refractivity contribution < 1.29 is 14.6 Å².